The lowest BCUT2D eigenvalue weighted by molar-refractivity contribution is 0.517. The van der Waals surface area contributed by atoms with Crippen LogP contribution in [0.25, 0.3) is 0 Å². The maximum absolute atomic E-state index is 5.59. The molecular formula is C15H16O. The Labute approximate surface area is 96.1 Å². The zero-order chi connectivity index (χ0) is 11.1. The van der Waals surface area contributed by atoms with Crippen molar-refractivity contribution in [2.24, 2.45) is 0 Å². The van der Waals surface area contributed by atoms with Crippen LogP contribution < -0.4 is 0 Å². The first-order chi connectivity index (χ1) is 7.75. The molecule has 1 aliphatic carbocycles. The van der Waals surface area contributed by atoms with Crippen molar-refractivity contribution >= 4 is 0 Å². The molecule has 0 N–H and O–H groups in total. The van der Waals surface area contributed by atoms with Gasteiger partial charge < -0.3 is 4.42 Å². The number of rotatable bonds is 0. The molecule has 1 nitrogen and oxygen atoms in total. The van der Waals surface area contributed by atoms with E-state index in [9.17, 15) is 0 Å². The number of aryl methyl sites for hydroxylation is 3. The highest BCUT2D eigenvalue weighted by atomic mass is 16.3. The van der Waals surface area contributed by atoms with Crippen LogP contribution in [0.2, 0.25) is 0 Å². The molecular weight excluding hydrogens is 196 g/mol. The van der Waals surface area contributed by atoms with Gasteiger partial charge in [-0.2, -0.15) is 0 Å². The second kappa shape index (κ2) is 3.51. The summed E-state index contributed by atoms with van der Waals surface area (Å²) >= 11 is 0. The van der Waals surface area contributed by atoms with E-state index in [0.717, 1.165) is 25.0 Å². The maximum atomic E-state index is 5.59. The van der Waals surface area contributed by atoms with Gasteiger partial charge in [-0.05, 0) is 60.6 Å². The number of fused-ring (bicyclic) bond motifs is 2. The van der Waals surface area contributed by atoms with E-state index in [2.05, 4.69) is 32.0 Å². The molecule has 82 valence electrons. The molecule has 0 aliphatic heterocycles. The average molecular weight is 212 g/mol. The molecule has 1 aromatic heterocycles. The summed E-state index contributed by atoms with van der Waals surface area (Å²) < 4.78 is 5.59. The van der Waals surface area contributed by atoms with Crippen LogP contribution in [0.3, 0.4) is 0 Å². The Morgan fingerprint density at radius 2 is 1.69 bits per heavy atom. The van der Waals surface area contributed by atoms with E-state index in [1.807, 2.05) is 6.26 Å². The number of furan rings is 1. The van der Waals surface area contributed by atoms with Gasteiger partial charge >= 0.3 is 0 Å². The molecule has 1 heterocycles. The summed E-state index contributed by atoms with van der Waals surface area (Å²) in [5.74, 6) is 1.16. The van der Waals surface area contributed by atoms with Gasteiger partial charge in [0.15, 0.2) is 0 Å². The Balaban J connectivity index is 2.17. The summed E-state index contributed by atoms with van der Waals surface area (Å²) in [6, 6.07) is 6.58. The smallest absolute Gasteiger partial charge is 0.111 e. The number of benzene rings is 1. The van der Waals surface area contributed by atoms with Crippen molar-refractivity contribution in [1.29, 1.82) is 0 Å². The van der Waals surface area contributed by atoms with E-state index < -0.39 is 0 Å². The SMILES string of the molecule is Cc1ccc(C)c2c1CCc1ccoc1C2. The summed E-state index contributed by atoms with van der Waals surface area (Å²) in [6.07, 6.45) is 5.05. The quantitative estimate of drug-likeness (QED) is 0.650. The van der Waals surface area contributed by atoms with Gasteiger partial charge in [-0.1, -0.05) is 12.1 Å². The molecule has 0 bridgehead atoms. The summed E-state index contributed by atoms with van der Waals surface area (Å²) in [5, 5.41) is 0. The minimum Gasteiger partial charge on any atom is -0.469 e. The molecule has 0 atom stereocenters. The van der Waals surface area contributed by atoms with Crippen LogP contribution in [0.5, 0.6) is 0 Å². The summed E-state index contributed by atoms with van der Waals surface area (Å²) in [5.41, 5.74) is 7.21. The largest absolute Gasteiger partial charge is 0.469 e. The fraction of sp³-hybridized carbons (Fsp3) is 0.333. The van der Waals surface area contributed by atoms with E-state index in [-0.39, 0.29) is 0 Å². The van der Waals surface area contributed by atoms with Gasteiger partial charge in [-0.25, -0.2) is 0 Å². The third-order valence-corrected chi connectivity index (χ3v) is 3.72. The predicted octanol–water partition coefficient (Wildman–Crippen LogP) is 3.59. The first-order valence-electron chi connectivity index (χ1n) is 5.89. The van der Waals surface area contributed by atoms with E-state index in [0.29, 0.717) is 0 Å². The predicted molar refractivity (Wildman–Crippen MR) is 64.8 cm³/mol. The van der Waals surface area contributed by atoms with Gasteiger partial charge in [-0.15, -0.1) is 0 Å². The fourth-order valence-electron chi connectivity index (χ4n) is 2.69. The van der Waals surface area contributed by atoms with E-state index in [4.69, 9.17) is 4.42 Å². The van der Waals surface area contributed by atoms with Gasteiger partial charge in [-0.3, -0.25) is 0 Å². The maximum Gasteiger partial charge on any atom is 0.111 e. The molecule has 1 aliphatic rings. The first kappa shape index (κ1) is 9.71. The molecule has 16 heavy (non-hydrogen) atoms. The van der Waals surface area contributed by atoms with Crippen LogP contribution in [-0.4, -0.2) is 0 Å². The monoisotopic (exact) mass is 212 g/mol. The van der Waals surface area contributed by atoms with Gasteiger partial charge in [0.2, 0.25) is 0 Å². The normalized spacial score (nSPS) is 14.1. The number of hydrogen-bond donors (Lipinski definition) is 0. The Hall–Kier alpha value is -1.50. The molecule has 0 unspecified atom stereocenters. The van der Waals surface area contributed by atoms with Crippen molar-refractivity contribution < 1.29 is 4.42 Å². The van der Waals surface area contributed by atoms with Crippen molar-refractivity contribution in [2.45, 2.75) is 33.1 Å². The van der Waals surface area contributed by atoms with E-state index >= 15 is 0 Å². The Morgan fingerprint density at radius 1 is 0.938 bits per heavy atom. The topological polar surface area (TPSA) is 13.1 Å². The Morgan fingerprint density at radius 3 is 2.50 bits per heavy atom. The highest BCUT2D eigenvalue weighted by Crippen LogP contribution is 2.29. The lowest BCUT2D eigenvalue weighted by atomic mass is 9.94. The minimum absolute atomic E-state index is 0.963. The molecule has 3 rings (SSSR count). The second-order valence-electron chi connectivity index (χ2n) is 4.70. The first-order valence-corrected chi connectivity index (χ1v) is 5.89. The molecule has 0 saturated heterocycles. The second-order valence-corrected chi connectivity index (χ2v) is 4.70. The van der Waals surface area contributed by atoms with Crippen LogP contribution in [0, 0.1) is 13.8 Å². The van der Waals surface area contributed by atoms with Gasteiger partial charge in [0.1, 0.15) is 5.76 Å². The zero-order valence-corrected chi connectivity index (χ0v) is 9.84. The molecule has 0 amide bonds. The third-order valence-electron chi connectivity index (χ3n) is 3.72. The van der Waals surface area contributed by atoms with Gasteiger partial charge in [0.05, 0.1) is 6.26 Å². The molecule has 0 saturated carbocycles. The van der Waals surface area contributed by atoms with Crippen LogP contribution >= 0.6 is 0 Å². The van der Waals surface area contributed by atoms with Crippen molar-refractivity contribution in [3.05, 3.63) is 58.0 Å². The van der Waals surface area contributed by atoms with Crippen molar-refractivity contribution in [2.75, 3.05) is 0 Å². The lowest BCUT2D eigenvalue weighted by Gasteiger charge is -2.12. The van der Waals surface area contributed by atoms with Crippen molar-refractivity contribution in [3.8, 4) is 0 Å². The molecule has 2 aromatic rings. The molecule has 1 heteroatoms. The standard InChI is InChI=1S/C15H16O/c1-10-3-4-11(2)14-9-15-12(7-8-16-15)5-6-13(10)14/h3-4,7-8H,5-6,9H2,1-2H3. The van der Waals surface area contributed by atoms with Crippen LogP contribution in [0.1, 0.15) is 33.6 Å². The van der Waals surface area contributed by atoms with Crippen molar-refractivity contribution in [1.82, 2.24) is 0 Å². The molecule has 0 spiro atoms. The average Bonchev–Trinajstić information content (AvgIpc) is 2.63. The van der Waals surface area contributed by atoms with E-state index in [1.165, 1.54) is 27.8 Å². The van der Waals surface area contributed by atoms with Crippen LogP contribution in [-0.2, 0) is 19.3 Å². The molecule has 0 fully saturated rings. The van der Waals surface area contributed by atoms with Crippen LogP contribution in [0.4, 0.5) is 0 Å². The highest BCUT2D eigenvalue weighted by Gasteiger charge is 2.18. The third kappa shape index (κ3) is 1.39. The zero-order valence-electron chi connectivity index (χ0n) is 9.84. The van der Waals surface area contributed by atoms with E-state index in [1.54, 1.807) is 0 Å². The van der Waals surface area contributed by atoms with Gasteiger partial charge in [0.25, 0.3) is 0 Å². The number of hydrogen-bond acceptors (Lipinski definition) is 1. The highest BCUT2D eigenvalue weighted by molar-refractivity contribution is 5.45. The Kier molecular flexibility index (Phi) is 2.13. The summed E-state index contributed by atoms with van der Waals surface area (Å²) in [7, 11) is 0. The fourth-order valence-corrected chi connectivity index (χ4v) is 2.69. The van der Waals surface area contributed by atoms with Gasteiger partial charge in [0, 0.05) is 6.42 Å². The lowest BCUT2D eigenvalue weighted by Crippen LogP contribution is -1.99. The van der Waals surface area contributed by atoms with Crippen molar-refractivity contribution in [3.63, 3.8) is 0 Å². The minimum atomic E-state index is 0.963. The Bertz CT molecular complexity index is 534. The van der Waals surface area contributed by atoms with Crippen LogP contribution in [0.15, 0.2) is 28.9 Å². The molecule has 1 aromatic carbocycles. The molecule has 0 radical (unpaired) electrons. The summed E-state index contributed by atoms with van der Waals surface area (Å²) in [4.78, 5) is 0. The summed E-state index contributed by atoms with van der Waals surface area (Å²) in [6.45, 7) is 4.41.